The molecule has 0 saturated heterocycles. The van der Waals surface area contributed by atoms with Crippen LogP contribution in [-0.2, 0) is 29.0 Å². The molecule has 1 aliphatic carbocycles. The summed E-state index contributed by atoms with van der Waals surface area (Å²) in [7, 11) is 4.81. The average molecular weight is 580 g/mol. The second-order valence-corrected chi connectivity index (χ2v) is 10.8. The van der Waals surface area contributed by atoms with E-state index in [1.165, 1.54) is 30.4 Å². The summed E-state index contributed by atoms with van der Waals surface area (Å²) in [6.07, 6.45) is 4.57. The minimum absolute atomic E-state index is 0.140. The molecule has 3 aromatic carbocycles. The standard InChI is InChI=1S/C34H33N3O6/c1-41-27-6-4-5-25-31(27)36-32-26(38)12-11-24(30(32)33(25)39)34(40)35-23-9-7-20(8-10-23)13-15-37-16-14-21-17-28(42-2)29(43-3)18-22(21)19-37/h4-12,17-18,32,36H,13-16,19H2,1-3H3,(H,35,40). The first kappa shape index (κ1) is 28.2. The number of ketones is 2. The highest BCUT2D eigenvalue weighted by atomic mass is 16.5. The lowest BCUT2D eigenvalue weighted by Gasteiger charge is -2.31. The molecule has 0 fully saturated rings. The highest BCUT2D eigenvalue weighted by Gasteiger charge is 2.40. The van der Waals surface area contributed by atoms with Crippen LogP contribution in [0.4, 0.5) is 11.4 Å². The SMILES string of the molecule is COc1cc2c(cc1OC)CN(CCc1ccc(NC(=O)C3=C4C(=O)c5cccc(OC)c5NC4C(=O)C=C3)cc1)CC2. The molecule has 1 amide bonds. The van der Waals surface area contributed by atoms with Gasteiger partial charge in [-0.2, -0.15) is 0 Å². The van der Waals surface area contributed by atoms with E-state index in [-0.39, 0.29) is 22.7 Å². The van der Waals surface area contributed by atoms with Crippen molar-refractivity contribution in [2.24, 2.45) is 0 Å². The quantitative estimate of drug-likeness (QED) is 0.406. The highest BCUT2D eigenvalue weighted by molar-refractivity contribution is 6.26. The van der Waals surface area contributed by atoms with Crippen LogP contribution in [0.15, 0.2) is 77.9 Å². The maximum absolute atomic E-state index is 13.5. The highest BCUT2D eigenvalue weighted by Crippen LogP contribution is 2.38. The number of Topliss-reactive ketones (excluding diaryl/α,β-unsaturated/α-hetero) is 1. The Morgan fingerprint density at radius 2 is 1.65 bits per heavy atom. The van der Waals surface area contributed by atoms with E-state index >= 15 is 0 Å². The maximum Gasteiger partial charge on any atom is 0.256 e. The number of nitrogens with one attached hydrogen (secondary N) is 2. The number of ether oxygens (including phenoxy) is 3. The van der Waals surface area contributed by atoms with Gasteiger partial charge < -0.3 is 24.8 Å². The lowest BCUT2D eigenvalue weighted by atomic mass is 9.82. The zero-order chi connectivity index (χ0) is 30.1. The molecule has 2 N–H and O–H groups in total. The average Bonchev–Trinajstić information content (AvgIpc) is 3.03. The Labute approximate surface area is 250 Å². The molecule has 9 heteroatoms. The van der Waals surface area contributed by atoms with Crippen LogP contribution in [0.25, 0.3) is 0 Å². The van der Waals surface area contributed by atoms with Gasteiger partial charge in [0.1, 0.15) is 11.8 Å². The van der Waals surface area contributed by atoms with E-state index in [0.29, 0.717) is 22.7 Å². The molecular weight excluding hydrogens is 546 g/mol. The number of rotatable bonds is 8. The fourth-order valence-electron chi connectivity index (χ4n) is 5.95. The number of anilines is 2. The maximum atomic E-state index is 13.5. The third-order valence-corrected chi connectivity index (χ3v) is 8.27. The van der Waals surface area contributed by atoms with Crippen molar-refractivity contribution in [3.05, 3.63) is 100 Å². The monoisotopic (exact) mass is 579 g/mol. The normalized spacial score (nSPS) is 17.4. The van der Waals surface area contributed by atoms with Crippen LogP contribution in [0, 0.1) is 0 Å². The van der Waals surface area contributed by atoms with Crippen molar-refractivity contribution in [2.75, 3.05) is 45.1 Å². The van der Waals surface area contributed by atoms with Crippen molar-refractivity contribution >= 4 is 28.8 Å². The first-order valence-electron chi connectivity index (χ1n) is 14.2. The number of fused-ring (bicyclic) bond motifs is 3. The largest absolute Gasteiger partial charge is 0.495 e. The van der Waals surface area contributed by atoms with Gasteiger partial charge in [0.05, 0.1) is 27.0 Å². The summed E-state index contributed by atoms with van der Waals surface area (Å²) in [4.78, 5) is 42.0. The number of para-hydroxylation sites is 1. The molecule has 9 nitrogen and oxygen atoms in total. The minimum Gasteiger partial charge on any atom is -0.495 e. The summed E-state index contributed by atoms with van der Waals surface area (Å²) in [6.45, 7) is 2.72. The van der Waals surface area contributed by atoms with E-state index in [9.17, 15) is 14.4 Å². The van der Waals surface area contributed by atoms with Crippen molar-refractivity contribution in [2.45, 2.75) is 25.4 Å². The Hall–Kier alpha value is -4.89. The second-order valence-electron chi connectivity index (χ2n) is 10.8. The van der Waals surface area contributed by atoms with Crippen LogP contribution in [0.1, 0.15) is 27.0 Å². The number of amides is 1. The third kappa shape index (κ3) is 5.39. The Balaban J connectivity index is 1.12. The van der Waals surface area contributed by atoms with E-state index in [2.05, 4.69) is 27.7 Å². The van der Waals surface area contributed by atoms with Crippen molar-refractivity contribution < 1.29 is 28.6 Å². The van der Waals surface area contributed by atoms with Gasteiger partial charge in [-0.3, -0.25) is 19.3 Å². The van der Waals surface area contributed by atoms with Crippen molar-refractivity contribution in [3.8, 4) is 17.2 Å². The number of methoxy groups -OCH3 is 3. The van der Waals surface area contributed by atoms with Crippen molar-refractivity contribution in [1.29, 1.82) is 0 Å². The molecule has 0 bridgehead atoms. The van der Waals surface area contributed by atoms with Gasteiger partial charge in [0, 0.05) is 42.0 Å². The molecule has 3 aromatic rings. The van der Waals surface area contributed by atoms with Gasteiger partial charge in [-0.05, 0) is 78.1 Å². The fourth-order valence-corrected chi connectivity index (χ4v) is 5.95. The minimum atomic E-state index is -0.950. The molecule has 2 heterocycles. The Morgan fingerprint density at radius 1 is 0.930 bits per heavy atom. The zero-order valence-corrected chi connectivity index (χ0v) is 24.4. The van der Waals surface area contributed by atoms with E-state index in [1.807, 2.05) is 24.3 Å². The number of hydrogen-bond acceptors (Lipinski definition) is 8. The van der Waals surface area contributed by atoms with Crippen molar-refractivity contribution in [3.63, 3.8) is 0 Å². The number of hydrogen-bond donors (Lipinski definition) is 2. The summed E-state index contributed by atoms with van der Waals surface area (Å²) in [5, 5.41) is 6.01. The predicted octanol–water partition coefficient (Wildman–Crippen LogP) is 4.36. The molecule has 1 unspecified atom stereocenters. The molecule has 1 atom stereocenters. The molecule has 0 spiro atoms. The van der Waals surface area contributed by atoms with Crippen LogP contribution in [0.5, 0.6) is 17.2 Å². The van der Waals surface area contributed by atoms with Crippen LogP contribution in [0.3, 0.4) is 0 Å². The molecular formula is C34H33N3O6. The number of carbonyl (C=O) groups excluding carboxylic acids is 3. The van der Waals surface area contributed by atoms with E-state index < -0.39 is 11.9 Å². The van der Waals surface area contributed by atoms with E-state index in [4.69, 9.17) is 14.2 Å². The fraction of sp³-hybridized carbons (Fsp3) is 0.265. The predicted molar refractivity (Wildman–Crippen MR) is 163 cm³/mol. The lowest BCUT2D eigenvalue weighted by molar-refractivity contribution is -0.114. The topological polar surface area (TPSA) is 106 Å². The number of carbonyl (C=O) groups is 3. The van der Waals surface area contributed by atoms with Gasteiger partial charge in [-0.15, -0.1) is 0 Å². The number of benzene rings is 3. The number of nitrogens with zero attached hydrogens (tertiary/aromatic N) is 1. The smallest absolute Gasteiger partial charge is 0.256 e. The molecule has 43 heavy (non-hydrogen) atoms. The summed E-state index contributed by atoms with van der Waals surface area (Å²) in [5.41, 5.74) is 5.43. The summed E-state index contributed by atoms with van der Waals surface area (Å²) in [6, 6.07) is 16.0. The van der Waals surface area contributed by atoms with E-state index in [1.54, 1.807) is 32.4 Å². The Morgan fingerprint density at radius 3 is 2.37 bits per heavy atom. The zero-order valence-electron chi connectivity index (χ0n) is 24.4. The summed E-state index contributed by atoms with van der Waals surface area (Å²) >= 11 is 0. The molecule has 220 valence electrons. The van der Waals surface area contributed by atoms with Crippen molar-refractivity contribution in [1.82, 2.24) is 4.90 Å². The first-order chi connectivity index (χ1) is 20.9. The van der Waals surface area contributed by atoms with Crippen LogP contribution < -0.4 is 24.8 Å². The van der Waals surface area contributed by atoms with Crippen LogP contribution >= 0.6 is 0 Å². The third-order valence-electron chi connectivity index (χ3n) is 8.27. The Bertz CT molecular complexity index is 1670. The first-order valence-corrected chi connectivity index (χ1v) is 14.2. The summed E-state index contributed by atoms with van der Waals surface area (Å²) in [5.74, 6) is 0.865. The molecule has 2 aliphatic heterocycles. The van der Waals surface area contributed by atoms with Crippen LogP contribution in [-0.4, -0.2) is 62.8 Å². The second kappa shape index (κ2) is 11.8. The summed E-state index contributed by atoms with van der Waals surface area (Å²) < 4.78 is 16.3. The van der Waals surface area contributed by atoms with Gasteiger partial charge in [0.25, 0.3) is 5.91 Å². The molecule has 3 aliphatic rings. The van der Waals surface area contributed by atoms with Gasteiger partial charge >= 0.3 is 0 Å². The molecule has 0 radical (unpaired) electrons. The molecule has 6 rings (SSSR count). The van der Waals surface area contributed by atoms with Crippen LogP contribution in [0.2, 0.25) is 0 Å². The van der Waals surface area contributed by atoms with Gasteiger partial charge in [0.15, 0.2) is 23.1 Å². The Kier molecular flexibility index (Phi) is 7.73. The molecule has 0 aromatic heterocycles. The van der Waals surface area contributed by atoms with Gasteiger partial charge in [0.2, 0.25) is 0 Å². The molecule has 0 saturated carbocycles. The lowest BCUT2D eigenvalue weighted by Crippen LogP contribution is -2.42. The van der Waals surface area contributed by atoms with Gasteiger partial charge in [-0.25, -0.2) is 0 Å². The van der Waals surface area contributed by atoms with E-state index in [0.717, 1.165) is 49.5 Å². The van der Waals surface area contributed by atoms with Gasteiger partial charge in [-0.1, -0.05) is 18.2 Å².